The summed E-state index contributed by atoms with van der Waals surface area (Å²) in [5.41, 5.74) is 0. The maximum absolute atomic E-state index is 11.7. The summed E-state index contributed by atoms with van der Waals surface area (Å²) in [4.78, 5) is 22.8. The van der Waals surface area contributed by atoms with Crippen LogP contribution in [0.25, 0.3) is 0 Å². The summed E-state index contributed by atoms with van der Waals surface area (Å²) in [6.07, 6.45) is 21.7. The number of rotatable bonds is 20. The number of hydrogen-bond donors (Lipinski definition) is 1. The van der Waals surface area contributed by atoms with Crippen LogP contribution in [0, 0.1) is 0 Å². The molecule has 4 heteroatoms. The summed E-state index contributed by atoms with van der Waals surface area (Å²) in [6.45, 7) is 7.81. The van der Waals surface area contributed by atoms with Crippen molar-refractivity contribution in [2.45, 2.75) is 123 Å². The normalized spacial score (nSPS) is 11.8. The number of amides is 1. The number of hydrogen-bond acceptors (Lipinski definition) is 3. The van der Waals surface area contributed by atoms with E-state index in [-0.39, 0.29) is 5.91 Å². The highest BCUT2D eigenvalue weighted by molar-refractivity contribution is 5.86. The van der Waals surface area contributed by atoms with E-state index in [1.165, 1.54) is 89.9 Å². The van der Waals surface area contributed by atoms with Gasteiger partial charge in [-0.25, -0.2) is 4.79 Å². The Morgan fingerprint density at radius 2 is 1.18 bits per heavy atom. The monoisotopic (exact) mass is 395 g/mol. The van der Waals surface area contributed by atoms with E-state index >= 15 is 0 Å². The topological polar surface area (TPSA) is 55.4 Å². The van der Waals surface area contributed by atoms with Crippen LogP contribution in [-0.2, 0) is 14.3 Å². The third kappa shape index (κ3) is 18.1. The molecule has 0 aliphatic heterocycles. The zero-order valence-electron chi connectivity index (χ0n) is 18.6. The first kappa shape index (κ1) is 26.7. The smallest absolute Gasteiger partial charge is 0.330 e. The molecule has 0 radical (unpaired) electrons. The predicted octanol–water partition coefficient (Wildman–Crippen LogP) is 6.48. The number of ether oxygens (including phenoxy) is 1. The number of carbonyl (C=O) groups excluding carboxylic acids is 2. The number of unbranched alkanes of at least 4 members (excludes halogenated alkanes) is 15. The lowest BCUT2D eigenvalue weighted by Crippen LogP contribution is -2.36. The molecule has 0 aromatic rings. The molecule has 164 valence electrons. The fourth-order valence-corrected chi connectivity index (χ4v) is 3.30. The fraction of sp³-hybridized carbons (Fsp3) is 0.833. The molecule has 1 atom stereocenters. The van der Waals surface area contributed by atoms with Crippen molar-refractivity contribution in [2.75, 3.05) is 6.54 Å². The van der Waals surface area contributed by atoms with Gasteiger partial charge in [-0.05, 0) is 13.3 Å². The molecule has 0 aliphatic rings. The fourth-order valence-electron chi connectivity index (χ4n) is 3.30. The van der Waals surface area contributed by atoms with Gasteiger partial charge in [0.05, 0.1) is 0 Å². The van der Waals surface area contributed by atoms with Gasteiger partial charge in [0.15, 0.2) is 6.10 Å². The van der Waals surface area contributed by atoms with Crippen LogP contribution < -0.4 is 5.32 Å². The number of nitrogens with one attached hydrogen (secondary N) is 1. The van der Waals surface area contributed by atoms with Crippen LogP contribution in [0.4, 0.5) is 0 Å². The number of esters is 1. The maximum atomic E-state index is 11.7. The van der Waals surface area contributed by atoms with Crippen LogP contribution in [0.5, 0.6) is 0 Å². The number of carbonyl (C=O) groups is 2. The van der Waals surface area contributed by atoms with Crippen molar-refractivity contribution in [1.82, 2.24) is 5.32 Å². The Kier molecular flexibility index (Phi) is 19.5. The van der Waals surface area contributed by atoms with Gasteiger partial charge in [-0.2, -0.15) is 0 Å². The minimum atomic E-state index is -0.758. The van der Waals surface area contributed by atoms with Gasteiger partial charge in [-0.1, -0.05) is 110 Å². The molecule has 0 aromatic carbocycles. The SMILES string of the molecule is C=CC(=O)OC(C)C(=O)NCCCCCCCCCCCCCCCCCC. The van der Waals surface area contributed by atoms with Crippen LogP contribution in [0.15, 0.2) is 12.7 Å². The molecule has 0 saturated heterocycles. The molecular formula is C24H45NO3. The van der Waals surface area contributed by atoms with E-state index < -0.39 is 12.1 Å². The summed E-state index contributed by atoms with van der Waals surface area (Å²) >= 11 is 0. The van der Waals surface area contributed by atoms with E-state index in [9.17, 15) is 9.59 Å². The third-order valence-electron chi connectivity index (χ3n) is 5.16. The Labute approximate surface area is 173 Å². The average Bonchev–Trinajstić information content (AvgIpc) is 2.69. The highest BCUT2D eigenvalue weighted by Crippen LogP contribution is 2.13. The minimum Gasteiger partial charge on any atom is -0.449 e. The van der Waals surface area contributed by atoms with Crippen molar-refractivity contribution >= 4 is 11.9 Å². The zero-order valence-corrected chi connectivity index (χ0v) is 18.6. The Morgan fingerprint density at radius 1 is 0.786 bits per heavy atom. The summed E-state index contributed by atoms with van der Waals surface area (Å²) in [5.74, 6) is -0.804. The van der Waals surface area contributed by atoms with E-state index in [1.807, 2.05) is 0 Å². The molecule has 4 nitrogen and oxygen atoms in total. The average molecular weight is 396 g/mol. The van der Waals surface area contributed by atoms with E-state index in [0.29, 0.717) is 6.54 Å². The lowest BCUT2D eigenvalue weighted by molar-refractivity contribution is -0.150. The molecule has 28 heavy (non-hydrogen) atoms. The standard InChI is InChI=1S/C24H45NO3/c1-4-6-7-8-9-10-11-12-13-14-15-16-17-18-19-20-21-25-24(27)22(3)28-23(26)5-2/h5,22H,2,4,6-21H2,1,3H3,(H,25,27). The van der Waals surface area contributed by atoms with Gasteiger partial charge >= 0.3 is 5.97 Å². The van der Waals surface area contributed by atoms with Crippen LogP contribution in [-0.4, -0.2) is 24.5 Å². The molecule has 1 N–H and O–H groups in total. The molecule has 0 saturated carbocycles. The lowest BCUT2D eigenvalue weighted by atomic mass is 10.0. The quantitative estimate of drug-likeness (QED) is 0.146. The van der Waals surface area contributed by atoms with Crippen molar-refractivity contribution in [2.24, 2.45) is 0 Å². The van der Waals surface area contributed by atoms with Gasteiger partial charge < -0.3 is 10.1 Å². The van der Waals surface area contributed by atoms with Crippen LogP contribution >= 0.6 is 0 Å². The van der Waals surface area contributed by atoms with Gasteiger partial charge in [0.1, 0.15) is 0 Å². The molecule has 0 fully saturated rings. The van der Waals surface area contributed by atoms with Crippen molar-refractivity contribution < 1.29 is 14.3 Å². The predicted molar refractivity (Wildman–Crippen MR) is 118 cm³/mol. The second-order valence-electron chi connectivity index (χ2n) is 7.88. The molecule has 0 rings (SSSR count). The Balaban J connectivity index is 3.24. The summed E-state index contributed by atoms with van der Waals surface area (Å²) in [7, 11) is 0. The van der Waals surface area contributed by atoms with Crippen molar-refractivity contribution in [3.8, 4) is 0 Å². The molecule has 0 heterocycles. The van der Waals surface area contributed by atoms with Gasteiger partial charge in [0, 0.05) is 12.6 Å². The van der Waals surface area contributed by atoms with Crippen molar-refractivity contribution in [1.29, 1.82) is 0 Å². The summed E-state index contributed by atoms with van der Waals surface area (Å²) in [6, 6.07) is 0. The van der Waals surface area contributed by atoms with Crippen LogP contribution in [0.2, 0.25) is 0 Å². The van der Waals surface area contributed by atoms with E-state index in [0.717, 1.165) is 18.9 Å². The van der Waals surface area contributed by atoms with E-state index in [2.05, 4.69) is 18.8 Å². The molecular weight excluding hydrogens is 350 g/mol. The van der Waals surface area contributed by atoms with Gasteiger partial charge in [0.25, 0.3) is 5.91 Å². The summed E-state index contributed by atoms with van der Waals surface area (Å²) < 4.78 is 4.88. The van der Waals surface area contributed by atoms with E-state index in [4.69, 9.17) is 4.74 Å². The minimum absolute atomic E-state index is 0.240. The van der Waals surface area contributed by atoms with Crippen molar-refractivity contribution in [3.63, 3.8) is 0 Å². The summed E-state index contributed by atoms with van der Waals surface area (Å²) in [5, 5.41) is 2.81. The maximum Gasteiger partial charge on any atom is 0.330 e. The van der Waals surface area contributed by atoms with E-state index in [1.54, 1.807) is 6.92 Å². The molecule has 0 aromatic heterocycles. The highest BCUT2D eigenvalue weighted by Gasteiger charge is 2.15. The molecule has 1 amide bonds. The molecule has 0 bridgehead atoms. The third-order valence-corrected chi connectivity index (χ3v) is 5.16. The first-order chi connectivity index (χ1) is 13.6. The van der Waals surface area contributed by atoms with Crippen LogP contribution in [0.3, 0.4) is 0 Å². The molecule has 0 spiro atoms. The molecule has 0 aliphatic carbocycles. The largest absolute Gasteiger partial charge is 0.449 e. The van der Waals surface area contributed by atoms with Crippen LogP contribution in [0.1, 0.15) is 117 Å². The Morgan fingerprint density at radius 3 is 1.57 bits per heavy atom. The second-order valence-corrected chi connectivity index (χ2v) is 7.88. The first-order valence-electron chi connectivity index (χ1n) is 11.7. The zero-order chi connectivity index (χ0) is 20.9. The Bertz CT molecular complexity index is 395. The molecule has 1 unspecified atom stereocenters. The van der Waals surface area contributed by atoms with Gasteiger partial charge in [-0.3, -0.25) is 4.79 Å². The second kappa shape index (κ2) is 20.4. The van der Waals surface area contributed by atoms with Gasteiger partial charge in [0.2, 0.25) is 0 Å². The lowest BCUT2D eigenvalue weighted by Gasteiger charge is -2.12. The first-order valence-corrected chi connectivity index (χ1v) is 11.7. The van der Waals surface area contributed by atoms with Gasteiger partial charge in [-0.15, -0.1) is 0 Å². The van der Waals surface area contributed by atoms with Crippen molar-refractivity contribution in [3.05, 3.63) is 12.7 Å². The Hall–Kier alpha value is -1.32. The highest BCUT2D eigenvalue weighted by atomic mass is 16.5.